The number of benzene rings is 4. The number of rotatable bonds is 11. The van der Waals surface area contributed by atoms with Gasteiger partial charge >= 0.3 is 0 Å². The fraction of sp³-hybridized carbons (Fsp3) is 0.368. The van der Waals surface area contributed by atoms with Crippen molar-refractivity contribution in [2.45, 2.75) is 90.9 Å². The number of aryl methyl sites for hydroxylation is 2. The van der Waals surface area contributed by atoms with Gasteiger partial charge in [0.2, 0.25) is 0 Å². The summed E-state index contributed by atoms with van der Waals surface area (Å²) >= 11 is 0. The van der Waals surface area contributed by atoms with Crippen molar-refractivity contribution in [3.8, 4) is 33.4 Å². The summed E-state index contributed by atoms with van der Waals surface area (Å²) in [4.78, 5) is 0. The molecule has 0 saturated heterocycles. The Balaban J connectivity index is 1.66. The van der Waals surface area contributed by atoms with Crippen LogP contribution in [0.2, 0.25) is 0 Å². The van der Waals surface area contributed by atoms with Gasteiger partial charge in [-0.1, -0.05) is 143 Å². The molecule has 196 valence electrons. The average molecular weight is 501 g/mol. The highest BCUT2D eigenvalue weighted by Crippen LogP contribution is 2.55. The molecule has 0 fully saturated rings. The second kappa shape index (κ2) is 11.7. The molecule has 5 rings (SSSR count). The quantitative estimate of drug-likeness (QED) is 0.180. The van der Waals surface area contributed by atoms with Gasteiger partial charge in [0.05, 0.1) is 0 Å². The molecule has 0 atom stereocenters. The standard InChI is InChI=1S/C38H44/c1-5-7-9-11-25-38(24-10-8-6-2)36-26-32(30-16-12-28(3)13-17-30)20-22-34(36)35-23-21-33(27-37(35)38)31-18-14-29(4)15-19-31/h12-23,26-27H,5-11,24-25H2,1-4H3. The lowest BCUT2D eigenvalue weighted by Gasteiger charge is -2.33. The SMILES string of the molecule is CCCCCCC1(CCCCC)c2cc(-c3ccc(C)cc3)ccc2-c2ccc(-c3ccc(C)cc3)cc21. The largest absolute Gasteiger partial charge is 0.0654 e. The lowest BCUT2D eigenvalue weighted by Crippen LogP contribution is -2.25. The molecule has 0 radical (unpaired) electrons. The smallest absolute Gasteiger partial charge is 0.0215 e. The van der Waals surface area contributed by atoms with Gasteiger partial charge < -0.3 is 0 Å². The van der Waals surface area contributed by atoms with Gasteiger partial charge in [0, 0.05) is 5.41 Å². The van der Waals surface area contributed by atoms with E-state index in [2.05, 4.69) is 113 Å². The Bertz CT molecular complexity index is 1260. The van der Waals surface area contributed by atoms with Crippen LogP contribution in [0, 0.1) is 13.8 Å². The van der Waals surface area contributed by atoms with E-state index in [-0.39, 0.29) is 5.41 Å². The van der Waals surface area contributed by atoms with E-state index in [0.717, 1.165) is 0 Å². The van der Waals surface area contributed by atoms with Crippen molar-refractivity contribution in [1.29, 1.82) is 0 Å². The van der Waals surface area contributed by atoms with E-state index in [1.807, 2.05) is 0 Å². The number of unbranched alkanes of at least 4 members (excludes halogenated alkanes) is 5. The Morgan fingerprint density at radius 3 is 1.29 bits per heavy atom. The van der Waals surface area contributed by atoms with E-state index in [1.54, 1.807) is 11.1 Å². The maximum absolute atomic E-state index is 2.55. The first-order chi connectivity index (χ1) is 18.6. The molecule has 1 aliphatic carbocycles. The molecule has 0 saturated carbocycles. The monoisotopic (exact) mass is 500 g/mol. The third-order valence-electron chi connectivity index (χ3n) is 8.79. The van der Waals surface area contributed by atoms with Crippen molar-refractivity contribution >= 4 is 0 Å². The van der Waals surface area contributed by atoms with E-state index in [1.165, 1.54) is 102 Å². The molecule has 4 aromatic rings. The molecule has 0 nitrogen and oxygen atoms in total. The predicted octanol–water partition coefficient (Wildman–Crippen LogP) is 11.5. The van der Waals surface area contributed by atoms with Crippen LogP contribution in [0.3, 0.4) is 0 Å². The van der Waals surface area contributed by atoms with Gasteiger partial charge in [-0.15, -0.1) is 0 Å². The maximum atomic E-state index is 2.55. The Kier molecular flexibility index (Phi) is 8.18. The third kappa shape index (κ3) is 5.24. The maximum Gasteiger partial charge on any atom is 0.0215 e. The zero-order chi connectivity index (χ0) is 26.5. The van der Waals surface area contributed by atoms with Crippen molar-refractivity contribution in [2.75, 3.05) is 0 Å². The summed E-state index contributed by atoms with van der Waals surface area (Å²) in [6.45, 7) is 8.99. The molecule has 38 heavy (non-hydrogen) atoms. The fourth-order valence-electron chi connectivity index (χ4n) is 6.54. The lowest BCUT2D eigenvalue weighted by atomic mass is 9.70. The molecule has 4 aromatic carbocycles. The molecule has 0 heteroatoms. The molecule has 0 unspecified atom stereocenters. The van der Waals surface area contributed by atoms with Crippen molar-refractivity contribution in [3.63, 3.8) is 0 Å². The topological polar surface area (TPSA) is 0 Å². The molecule has 0 aliphatic heterocycles. The first-order valence-electron chi connectivity index (χ1n) is 15.0. The van der Waals surface area contributed by atoms with Gasteiger partial charge in [-0.05, 0) is 83.3 Å². The van der Waals surface area contributed by atoms with Crippen LogP contribution in [-0.2, 0) is 5.41 Å². The van der Waals surface area contributed by atoms with Crippen LogP contribution in [0.25, 0.3) is 33.4 Å². The summed E-state index contributed by atoms with van der Waals surface area (Å²) in [7, 11) is 0. The van der Waals surface area contributed by atoms with Gasteiger partial charge in [-0.2, -0.15) is 0 Å². The van der Waals surface area contributed by atoms with Gasteiger partial charge in [0.15, 0.2) is 0 Å². The Morgan fingerprint density at radius 1 is 0.447 bits per heavy atom. The summed E-state index contributed by atoms with van der Waals surface area (Å²) in [5, 5.41) is 0. The van der Waals surface area contributed by atoms with Crippen LogP contribution >= 0.6 is 0 Å². The average Bonchev–Trinajstić information content (AvgIpc) is 3.21. The Labute approximate surface area is 231 Å². The van der Waals surface area contributed by atoms with E-state index in [9.17, 15) is 0 Å². The first-order valence-corrected chi connectivity index (χ1v) is 15.0. The number of hydrogen-bond donors (Lipinski definition) is 0. The Morgan fingerprint density at radius 2 is 0.842 bits per heavy atom. The van der Waals surface area contributed by atoms with Crippen LogP contribution in [0.15, 0.2) is 84.9 Å². The van der Waals surface area contributed by atoms with Crippen LogP contribution in [-0.4, -0.2) is 0 Å². The van der Waals surface area contributed by atoms with E-state index < -0.39 is 0 Å². The van der Waals surface area contributed by atoms with E-state index >= 15 is 0 Å². The van der Waals surface area contributed by atoms with Crippen molar-refractivity contribution in [3.05, 3.63) is 107 Å². The molecule has 0 bridgehead atoms. The van der Waals surface area contributed by atoms with Crippen LogP contribution < -0.4 is 0 Å². The van der Waals surface area contributed by atoms with Crippen molar-refractivity contribution in [2.24, 2.45) is 0 Å². The normalized spacial score (nSPS) is 13.4. The summed E-state index contributed by atoms with van der Waals surface area (Å²) in [6, 6.07) is 32.7. The van der Waals surface area contributed by atoms with Crippen LogP contribution in [0.4, 0.5) is 0 Å². The highest BCUT2D eigenvalue weighted by Gasteiger charge is 2.42. The van der Waals surface area contributed by atoms with E-state index in [4.69, 9.17) is 0 Å². The second-order valence-corrected chi connectivity index (χ2v) is 11.6. The summed E-state index contributed by atoms with van der Waals surface area (Å²) < 4.78 is 0. The first kappa shape index (κ1) is 26.5. The summed E-state index contributed by atoms with van der Waals surface area (Å²) in [5.74, 6) is 0. The van der Waals surface area contributed by atoms with Crippen molar-refractivity contribution in [1.82, 2.24) is 0 Å². The van der Waals surface area contributed by atoms with Crippen LogP contribution in [0.5, 0.6) is 0 Å². The van der Waals surface area contributed by atoms with E-state index in [0.29, 0.717) is 0 Å². The fourth-order valence-corrected chi connectivity index (χ4v) is 6.54. The third-order valence-corrected chi connectivity index (χ3v) is 8.79. The van der Waals surface area contributed by atoms with Gasteiger partial charge in [-0.25, -0.2) is 0 Å². The Hall–Kier alpha value is -3.12. The lowest BCUT2D eigenvalue weighted by molar-refractivity contribution is 0.403. The van der Waals surface area contributed by atoms with Gasteiger partial charge in [0.1, 0.15) is 0 Å². The van der Waals surface area contributed by atoms with Crippen LogP contribution in [0.1, 0.15) is 93.9 Å². The molecule has 1 aliphatic rings. The molecular formula is C38H44. The number of hydrogen-bond acceptors (Lipinski definition) is 0. The molecule has 0 heterocycles. The zero-order valence-electron chi connectivity index (χ0n) is 23.9. The summed E-state index contributed by atoms with van der Waals surface area (Å²) in [6.07, 6.45) is 11.6. The molecule has 0 spiro atoms. The highest BCUT2D eigenvalue weighted by atomic mass is 14.5. The highest BCUT2D eigenvalue weighted by molar-refractivity contribution is 5.86. The number of fused-ring (bicyclic) bond motifs is 3. The van der Waals surface area contributed by atoms with Crippen molar-refractivity contribution < 1.29 is 0 Å². The predicted molar refractivity (Wildman–Crippen MR) is 166 cm³/mol. The minimum Gasteiger partial charge on any atom is -0.0654 e. The zero-order valence-corrected chi connectivity index (χ0v) is 23.9. The van der Waals surface area contributed by atoms with Gasteiger partial charge in [-0.3, -0.25) is 0 Å². The molecule has 0 amide bonds. The molecular weight excluding hydrogens is 456 g/mol. The molecule has 0 N–H and O–H groups in total. The molecule has 0 aromatic heterocycles. The minimum atomic E-state index is 0.0923. The summed E-state index contributed by atoms with van der Waals surface area (Å²) in [5.41, 5.74) is 14.1. The van der Waals surface area contributed by atoms with Gasteiger partial charge in [0.25, 0.3) is 0 Å². The minimum absolute atomic E-state index is 0.0923. The second-order valence-electron chi connectivity index (χ2n) is 11.6.